The zero-order valence-corrected chi connectivity index (χ0v) is 29.0. The van der Waals surface area contributed by atoms with Crippen LogP contribution in [0.1, 0.15) is 22.3 Å². The lowest BCUT2D eigenvalue weighted by molar-refractivity contribution is 0.799. The maximum absolute atomic E-state index is 5.72. The second-order valence-corrected chi connectivity index (χ2v) is 14.2. The number of pyridine rings is 1. The summed E-state index contributed by atoms with van der Waals surface area (Å²) in [6.07, 6.45) is 0. The molecule has 1 spiro atoms. The number of benzene rings is 8. The van der Waals surface area contributed by atoms with Crippen molar-refractivity contribution in [3.63, 3.8) is 0 Å². The van der Waals surface area contributed by atoms with Crippen molar-refractivity contribution in [3.8, 4) is 67.0 Å². The van der Waals surface area contributed by atoms with Gasteiger partial charge in [-0.3, -0.25) is 0 Å². The van der Waals surface area contributed by atoms with Gasteiger partial charge in [0.15, 0.2) is 0 Å². The van der Waals surface area contributed by atoms with E-state index in [1.807, 2.05) is 0 Å². The second-order valence-electron chi connectivity index (χ2n) is 14.2. The summed E-state index contributed by atoms with van der Waals surface area (Å²) in [5.74, 6) is 0. The molecule has 0 amide bonds. The highest BCUT2D eigenvalue weighted by Crippen LogP contribution is 2.64. The van der Waals surface area contributed by atoms with Crippen molar-refractivity contribution < 1.29 is 0 Å². The van der Waals surface area contributed by atoms with E-state index in [0.717, 1.165) is 17.0 Å². The largest absolute Gasteiger partial charge is 0.247 e. The lowest BCUT2D eigenvalue weighted by Gasteiger charge is -2.31. The second kappa shape index (κ2) is 11.6. The number of rotatable bonds is 4. The van der Waals surface area contributed by atoms with Crippen molar-refractivity contribution >= 4 is 10.8 Å². The highest BCUT2D eigenvalue weighted by molar-refractivity contribution is 6.07. The lowest BCUT2D eigenvalue weighted by Crippen LogP contribution is -2.26. The Morgan fingerprint density at radius 1 is 0.283 bits per heavy atom. The molecule has 0 N–H and O–H groups in total. The van der Waals surface area contributed by atoms with Gasteiger partial charge in [-0.05, 0) is 90.8 Å². The van der Waals surface area contributed by atoms with Gasteiger partial charge in [0.2, 0.25) is 0 Å². The van der Waals surface area contributed by atoms with Crippen LogP contribution in [0.5, 0.6) is 0 Å². The predicted molar refractivity (Wildman–Crippen MR) is 220 cm³/mol. The highest BCUT2D eigenvalue weighted by atomic mass is 14.8. The van der Waals surface area contributed by atoms with E-state index < -0.39 is 5.41 Å². The Morgan fingerprint density at radius 3 is 1.30 bits per heavy atom. The molecule has 11 rings (SSSR count). The quantitative estimate of drug-likeness (QED) is 0.181. The molecule has 2 aliphatic rings. The Kier molecular flexibility index (Phi) is 6.53. The number of fused-ring (bicyclic) bond motifs is 12. The van der Waals surface area contributed by atoms with Gasteiger partial charge < -0.3 is 0 Å². The van der Waals surface area contributed by atoms with Crippen LogP contribution >= 0.6 is 0 Å². The van der Waals surface area contributed by atoms with E-state index in [-0.39, 0.29) is 0 Å². The summed E-state index contributed by atoms with van der Waals surface area (Å²) in [7, 11) is 0. The molecule has 0 aliphatic heterocycles. The van der Waals surface area contributed by atoms with Gasteiger partial charge in [0.1, 0.15) is 0 Å². The molecule has 1 nitrogen and oxygen atoms in total. The molecule has 1 aromatic heterocycles. The predicted octanol–water partition coefficient (Wildman–Crippen LogP) is 13.2. The topological polar surface area (TPSA) is 12.9 Å². The third-order valence-corrected chi connectivity index (χ3v) is 11.4. The van der Waals surface area contributed by atoms with E-state index in [0.29, 0.717) is 0 Å². The molecule has 0 bridgehead atoms. The maximum atomic E-state index is 5.72. The minimum absolute atomic E-state index is 0.447. The molecule has 2 aliphatic carbocycles. The molecule has 0 unspecified atom stereocenters. The van der Waals surface area contributed by atoms with E-state index in [1.54, 1.807) is 0 Å². The van der Waals surface area contributed by atoms with E-state index in [1.165, 1.54) is 83.1 Å². The van der Waals surface area contributed by atoms with Gasteiger partial charge in [0.25, 0.3) is 0 Å². The Bertz CT molecular complexity index is 2780. The van der Waals surface area contributed by atoms with Crippen LogP contribution in [0, 0.1) is 0 Å². The van der Waals surface area contributed by atoms with Gasteiger partial charge in [-0.25, -0.2) is 4.98 Å². The van der Waals surface area contributed by atoms with Crippen LogP contribution in [0.2, 0.25) is 0 Å². The number of hydrogen-bond acceptors (Lipinski definition) is 1. The first-order valence-corrected chi connectivity index (χ1v) is 18.4. The average molecular weight is 672 g/mol. The van der Waals surface area contributed by atoms with Gasteiger partial charge in [0, 0.05) is 22.1 Å². The fourth-order valence-electron chi connectivity index (χ4n) is 9.24. The Labute approximate surface area is 309 Å². The molecule has 1 heterocycles. The average Bonchev–Trinajstić information content (AvgIpc) is 3.71. The standard InChI is InChI=1S/C52H33N/c1-3-16-34(17-4-1)38-31-39(35-18-5-2-6-19-35)33-40(32-38)36-20-15-21-37(30-36)50-44-25-8-7-24-43(44)49-51(53-50)45-26-11-14-29-48(45)52(49)46-27-12-9-22-41(46)42-23-10-13-28-47(42)52/h1-33H. The monoisotopic (exact) mass is 671 g/mol. The summed E-state index contributed by atoms with van der Waals surface area (Å²) in [4.78, 5) is 5.72. The molecule has 0 saturated heterocycles. The van der Waals surface area contributed by atoms with Crippen LogP contribution in [0.3, 0.4) is 0 Å². The van der Waals surface area contributed by atoms with E-state index in [2.05, 4.69) is 200 Å². The van der Waals surface area contributed by atoms with Crippen LogP contribution in [0.15, 0.2) is 200 Å². The third-order valence-electron chi connectivity index (χ3n) is 11.4. The summed E-state index contributed by atoms with van der Waals surface area (Å²) >= 11 is 0. The first kappa shape index (κ1) is 29.9. The van der Waals surface area contributed by atoms with Gasteiger partial charge >= 0.3 is 0 Å². The summed E-state index contributed by atoms with van der Waals surface area (Å²) in [6, 6.07) is 73.1. The molecule has 9 aromatic rings. The van der Waals surface area contributed by atoms with Crippen molar-refractivity contribution in [1.82, 2.24) is 4.98 Å². The number of aromatic nitrogens is 1. The first-order chi connectivity index (χ1) is 26.3. The molecule has 1 heteroatoms. The lowest BCUT2D eigenvalue weighted by atomic mass is 9.69. The molecular formula is C52H33N. The zero-order chi connectivity index (χ0) is 34.9. The Morgan fingerprint density at radius 2 is 0.698 bits per heavy atom. The van der Waals surface area contributed by atoms with Crippen LogP contribution in [-0.2, 0) is 5.41 Å². The number of nitrogens with zero attached hydrogens (tertiary/aromatic N) is 1. The molecule has 53 heavy (non-hydrogen) atoms. The molecule has 0 saturated carbocycles. The summed E-state index contributed by atoms with van der Waals surface area (Å²) in [6.45, 7) is 0. The van der Waals surface area contributed by atoms with E-state index in [4.69, 9.17) is 4.98 Å². The van der Waals surface area contributed by atoms with Crippen LogP contribution < -0.4 is 0 Å². The van der Waals surface area contributed by atoms with E-state index >= 15 is 0 Å². The normalized spacial score (nSPS) is 13.1. The van der Waals surface area contributed by atoms with Crippen LogP contribution in [-0.4, -0.2) is 4.98 Å². The molecule has 8 aromatic carbocycles. The number of hydrogen-bond donors (Lipinski definition) is 0. The third kappa shape index (κ3) is 4.35. The highest BCUT2D eigenvalue weighted by Gasteiger charge is 2.53. The minimum atomic E-state index is -0.447. The van der Waals surface area contributed by atoms with Crippen LogP contribution in [0.25, 0.3) is 77.8 Å². The molecule has 0 fully saturated rings. The summed E-state index contributed by atoms with van der Waals surface area (Å²) in [5, 5.41) is 2.42. The first-order valence-electron chi connectivity index (χ1n) is 18.4. The van der Waals surface area contributed by atoms with Crippen molar-refractivity contribution in [2.45, 2.75) is 5.41 Å². The van der Waals surface area contributed by atoms with Gasteiger partial charge in [0.05, 0.1) is 16.8 Å². The molecular weight excluding hydrogens is 639 g/mol. The molecule has 0 radical (unpaired) electrons. The molecule has 0 atom stereocenters. The van der Waals surface area contributed by atoms with Crippen molar-refractivity contribution in [2.75, 3.05) is 0 Å². The van der Waals surface area contributed by atoms with Gasteiger partial charge in [-0.15, -0.1) is 0 Å². The zero-order valence-electron chi connectivity index (χ0n) is 29.0. The Hall–Kier alpha value is -6.83. The SMILES string of the molecule is c1ccc(-c2cc(-c3ccccc3)cc(-c3cccc(-c4nc5c(c6ccccc46)C4(c6ccccc6-c6ccccc64)c4ccccc4-5)c3)c2)cc1. The minimum Gasteiger partial charge on any atom is -0.247 e. The van der Waals surface area contributed by atoms with Crippen molar-refractivity contribution in [3.05, 3.63) is 222 Å². The van der Waals surface area contributed by atoms with Crippen molar-refractivity contribution in [1.29, 1.82) is 0 Å². The maximum Gasteiger partial charge on any atom is 0.0788 e. The van der Waals surface area contributed by atoms with Crippen LogP contribution in [0.4, 0.5) is 0 Å². The van der Waals surface area contributed by atoms with E-state index in [9.17, 15) is 0 Å². The fourth-order valence-corrected chi connectivity index (χ4v) is 9.24. The fraction of sp³-hybridized carbons (Fsp3) is 0.0192. The smallest absolute Gasteiger partial charge is 0.0788 e. The summed E-state index contributed by atoms with van der Waals surface area (Å²) in [5.41, 5.74) is 19.0. The summed E-state index contributed by atoms with van der Waals surface area (Å²) < 4.78 is 0. The van der Waals surface area contributed by atoms with Crippen molar-refractivity contribution in [2.24, 2.45) is 0 Å². The van der Waals surface area contributed by atoms with Gasteiger partial charge in [-0.1, -0.05) is 176 Å². The van der Waals surface area contributed by atoms with Gasteiger partial charge in [-0.2, -0.15) is 0 Å². The Balaban J connectivity index is 1.15. The molecule has 246 valence electrons.